The number of nitrogens with zero attached hydrogens (tertiary/aromatic N) is 2. The van der Waals surface area contributed by atoms with Crippen molar-refractivity contribution in [2.24, 2.45) is 5.10 Å². The molecule has 0 aromatic heterocycles. The molecule has 24 heavy (non-hydrogen) atoms. The molecule has 0 spiro atoms. The lowest BCUT2D eigenvalue weighted by molar-refractivity contribution is -0.385. The standard InChI is InChI=1S/C16H14N4O4/c1-11(21)18-13-8-6-12(7-9-13)10-17-19-16(22)14-4-2-3-5-15(14)20(23)24/h2-10H,1H3,(H,18,21)(H,19,22). The largest absolute Gasteiger partial charge is 0.326 e. The Balaban J connectivity index is 2.02. The van der Waals surface area contributed by atoms with Gasteiger partial charge in [0.2, 0.25) is 5.91 Å². The van der Waals surface area contributed by atoms with Crippen molar-refractivity contribution in [2.75, 3.05) is 5.32 Å². The van der Waals surface area contributed by atoms with Gasteiger partial charge in [0.25, 0.3) is 11.6 Å². The molecule has 0 aliphatic carbocycles. The van der Waals surface area contributed by atoms with Crippen LogP contribution in [0.5, 0.6) is 0 Å². The van der Waals surface area contributed by atoms with E-state index in [2.05, 4.69) is 15.8 Å². The van der Waals surface area contributed by atoms with Crippen LogP contribution in [0.3, 0.4) is 0 Å². The zero-order valence-electron chi connectivity index (χ0n) is 12.7. The van der Waals surface area contributed by atoms with Gasteiger partial charge in [-0.2, -0.15) is 5.10 Å². The molecule has 0 aliphatic rings. The van der Waals surface area contributed by atoms with Crippen LogP contribution in [0.25, 0.3) is 0 Å². The van der Waals surface area contributed by atoms with E-state index < -0.39 is 10.8 Å². The lowest BCUT2D eigenvalue weighted by Gasteiger charge is -2.02. The average Bonchev–Trinajstić information content (AvgIpc) is 2.56. The van der Waals surface area contributed by atoms with Gasteiger partial charge in [-0.05, 0) is 23.8 Å². The molecule has 0 heterocycles. The minimum absolute atomic E-state index is 0.0688. The highest BCUT2D eigenvalue weighted by atomic mass is 16.6. The zero-order chi connectivity index (χ0) is 17.5. The van der Waals surface area contributed by atoms with Crippen LogP contribution in [0.4, 0.5) is 11.4 Å². The van der Waals surface area contributed by atoms with Gasteiger partial charge in [0.1, 0.15) is 5.56 Å². The van der Waals surface area contributed by atoms with E-state index in [0.717, 1.165) is 0 Å². The van der Waals surface area contributed by atoms with E-state index in [1.165, 1.54) is 37.4 Å². The summed E-state index contributed by atoms with van der Waals surface area (Å²) in [7, 11) is 0. The number of para-hydroxylation sites is 1. The number of nitro benzene ring substituents is 1. The number of hydrogen-bond donors (Lipinski definition) is 2. The molecule has 0 bridgehead atoms. The van der Waals surface area contributed by atoms with Crippen LogP contribution in [0, 0.1) is 10.1 Å². The maximum absolute atomic E-state index is 12.0. The predicted molar refractivity (Wildman–Crippen MR) is 88.9 cm³/mol. The first-order valence-corrected chi connectivity index (χ1v) is 6.92. The topological polar surface area (TPSA) is 114 Å². The monoisotopic (exact) mass is 326 g/mol. The van der Waals surface area contributed by atoms with Gasteiger partial charge in [0.05, 0.1) is 11.1 Å². The first-order valence-electron chi connectivity index (χ1n) is 6.92. The van der Waals surface area contributed by atoms with Crippen molar-refractivity contribution in [1.82, 2.24) is 5.43 Å². The Morgan fingerprint density at radius 2 is 1.79 bits per heavy atom. The molecule has 2 amide bonds. The van der Waals surface area contributed by atoms with Crippen molar-refractivity contribution in [3.63, 3.8) is 0 Å². The first kappa shape index (κ1) is 16.8. The highest BCUT2D eigenvalue weighted by Gasteiger charge is 2.18. The van der Waals surface area contributed by atoms with E-state index in [4.69, 9.17) is 0 Å². The highest BCUT2D eigenvalue weighted by Crippen LogP contribution is 2.17. The van der Waals surface area contributed by atoms with Crippen LogP contribution in [-0.4, -0.2) is 23.0 Å². The minimum Gasteiger partial charge on any atom is -0.326 e. The Morgan fingerprint density at radius 3 is 2.42 bits per heavy atom. The van der Waals surface area contributed by atoms with Crippen molar-refractivity contribution in [1.29, 1.82) is 0 Å². The molecule has 2 aromatic carbocycles. The number of hydrogen-bond acceptors (Lipinski definition) is 5. The first-order chi connectivity index (χ1) is 11.5. The predicted octanol–water partition coefficient (Wildman–Crippen LogP) is 2.32. The van der Waals surface area contributed by atoms with Crippen molar-refractivity contribution >= 4 is 29.4 Å². The molecule has 0 radical (unpaired) electrons. The molecule has 0 unspecified atom stereocenters. The summed E-state index contributed by atoms with van der Waals surface area (Å²) in [6.07, 6.45) is 1.39. The van der Waals surface area contributed by atoms with E-state index in [0.29, 0.717) is 11.3 Å². The number of carbonyl (C=O) groups excluding carboxylic acids is 2. The van der Waals surface area contributed by atoms with Gasteiger partial charge in [-0.15, -0.1) is 0 Å². The second-order valence-corrected chi connectivity index (χ2v) is 4.78. The van der Waals surface area contributed by atoms with E-state index in [-0.39, 0.29) is 17.2 Å². The highest BCUT2D eigenvalue weighted by molar-refractivity contribution is 5.98. The maximum atomic E-state index is 12.0. The number of nitrogens with one attached hydrogen (secondary N) is 2. The van der Waals surface area contributed by atoms with Gasteiger partial charge >= 0.3 is 0 Å². The fourth-order valence-corrected chi connectivity index (χ4v) is 1.91. The Kier molecular flexibility index (Phi) is 5.35. The van der Waals surface area contributed by atoms with Crippen LogP contribution in [-0.2, 0) is 4.79 Å². The van der Waals surface area contributed by atoms with Crippen LogP contribution in [0.1, 0.15) is 22.8 Å². The quantitative estimate of drug-likeness (QED) is 0.498. The fourth-order valence-electron chi connectivity index (χ4n) is 1.91. The number of amides is 2. The molecular weight excluding hydrogens is 312 g/mol. The molecule has 2 rings (SSSR count). The maximum Gasteiger partial charge on any atom is 0.282 e. The number of rotatable bonds is 5. The Morgan fingerprint density at radius 1 is 1.12 bits per heavy atom. The molecule has 0 aliphatic heterocycles. The van der Waals surface area contributed by atoms with Gasteiger partial charge in [-0.1, -0.05) is 24.3 Å². The van der Waals surface area contributed by atoms with Crippen LogP contribution in [0.2, 0.25) is 0 Å². The smallest absolute Gasteiger partial charge is 0.282 e. The summed E-state index contributed by atoms with van der Waals surface area (Å²) in [6, 6.07) is 12.4. The SMILES string of the molecule is CC(=O)Nc1ccc(C=NNC(=O)c2ccccc2[N+](=O)[O-])cc1. The third kappa shape index (κ3) is 4.47. The summed E-state index contributed by atoms with van der Waals surface area (Å²) < 4.78 is 0. The Bertz CT molecular complexity index is 800. The summed E-state index contributed by atoms with van der Waals surface area (Å²) in [5.41, 5.74) is 3.22. The molecule has 2 aromatic rings. The molecular formula is C16H14N4O4. The van der Waals surface area contributed by atoms with E-state index in [9.17, 15) is 19.7 Å². The molecule has 0 saturated carbocycles. The summed E-state index contributed by atoms with van der Waals surface area (Å²) in [5, 5.41) is 17.3. The van der Waals surface area contributed by atoms with Gasteiger partial charge in [0.15, 0.2) is 0 Å². The molecule has 0 fully saturated rings. The van der Waals surface area contributed by atoms with Gasteiger partial charge in [-0.3, -0.25) is 19.7 Å². The van der Waals surface area contributed by atoms with E-state index in [1.54, 1.807) is 24.3 Å². The third-order valence-corrected chi connectivity index (χ3v) is 2.96. The second-order valence-electron chi connectivity index (χ2n) is 4.78. The van der Waals surface area contributed by atoms with Gasteiger partial charge in [0, 0.05) is 18.7 Å². The van der Waals surface area contributed by atoms with Crippen molar-refractivity contribution in [3.05, 3.63) is 69.8 Å². The van der Waals surface area contributed by atoms with Crippen molar-refractivity contribution in [2.45, 2.75) is 6.92 Å². The average molecular weight is 326 g/mol. The van der Waals surface area contributed by atoms with Crippen molar-refractivity contribution in [3.8, 4) is 0 Å². The summed E-state index contributed by atoms with van der Waals surface area (Å²) >= 11 is 0. The van der Waals surface area contributed by atoms with Crippen molar-refractivity contribution < 1.29 is 14.5 Å². The van der Waals surface area contributed by atoms with Crippen LogP contribution in [0.15, 0.2) is 53.6 Å². The summed E-state index contributed by atoms with van der Waals surface area (Å²) in [6.45, 7) is 1.41. The molecule has 8 heteroatoms. The molecule has 0 atom stereocenters. The van der Waals surface area contributed by atoms with Gasteiger partial charge < -0.3 is 5.32 Å². The number of anilines is 1. The van der Waals surface area contributed by atoms with Crippen LogP contribution < -0.4 is 10.7 Å². The Labute approximate surface area is 137 Å². The normalized spacial score (nSPS) is 10.4. The third-order valence-electron chi connectivity index (χ3n) is 2.96. The number of benzene rings is 2. The molecule has 8 nitrogen and oxygen atoms in total. The summed E-state index contributed by atoms with van der Waals surface area (Å²) in [4.78, 5) is 33.1. The molecule has 2 N–H and O–H groups in total. The lowest BCUT2D eigenvalue weighted by atomic mass is 10.2. The number of nitro groups is 1. The van der Waals surface area contributed by atoms with Gasteiger partial charge in [-0.25, -0.2) is 5.43 Å². The lowest BCUT2D eigenvalue weighted by Crippen LogP contribution is -2.18. The number of carbonyl (C=O) groups is 2. The molecule has 0 saturated heterocycles. The Hall–Kier alpha value is -3.55. The van der Waals surface area contributed by atoms with E-state index >= 15 is 0 Å². The molecule has 122 valence electrons. The minimum atomic E-state index is -0.673. The number of hydrazone groups is 1. The van der Waals surface area contributed by atoms with E-state index in [1.807, 2.05) is 0 Å². The van der Waals surface area contributed by atoms with Crippen LogP contribution >= 0.6 is 0 Å². The zero-order valence-corrected chi connectivity index (χ0v) is 12.7. The second kappa shape index (κ2) is 7.63. The fraction of sp³-hybridized carbons (Fsp3) is 0.0625. The summed E-state index contributed by atoms with van der Waals surface area (Å²) in [5.74, 6) is -0.846.